The van der Waals surface area contributed by atoms with E-state index in [0.717, 1.165) is 6.54 Å². The molecule has 0 saturated carbocycles. The molecule has 0 unspecified atom stereocenters. The van der Waals surface area contributed by atoms with Crippen molar-refractivity contribution >= 4 is 28.8 Å². The first-order chi connectivity index (χ1) is 5.02. The second kappa shape index (κ2) is 4.91. The summed E-state index contributed by atoms with van der Waals surface area (Å²) in [4.78, 5) is 4.21. The lowest BCUT2D eigenvalue weighted by Crippen LogP contribution is -2.14. The molecule has 0 aliphatic heterocycles. The summed E-state index contributed by atoms with van der Waals surface area (Å²) in [6.45, 7) is 9.33. The molecule has 0 aromatic carbocycles. The van der Waals surface area contributed by atoms with Crippen molar-refractivity contribution in [2.75, 3.05) is 6.54 Å². The third-order valence-corrected chi connectivity index (χ3v) is 2.03. The van der Waals surface area contributed by atoms with Gasteiger partial charge in [-0.25, -0.2) is 0 Å². The first-order valence-electron chi connectivity index (χ1n) is 3.88. The topological polar surface area (TPSA) is 12.4 Å². The molecule has 11 heavy (non-hydrogen) atoms. The van der Waals surface area contributed by atoms with Gasteiger partial charge < -0.3 is 0 Å². The summed E-state index contributed by atoms with van der Waals surface area (Å²) in [5.74, 6) is 0. The third-order valence-electron chi connectivity index (χ3n) is 1.41. The predicted octanol–water partition coefficient (Wildman–Crippen LogP) is 3.24. The van der Waals surface area contributed by atoms with E-state index in [1.165, 1.54) is 5.57 Å². The van der Waals surface area contributed by atoms with Gasteiger partial charge in [-0.1, -0.05) is 28.7 Å². The lowest BCUT2D eigenvalue weighted by molar-refractivity contribution is 0.912. The van der Waals surface area contributed by atoms with Gasteiger partial charge in [-0.05, 0) is 33.3 Å². The van der Waals surface area contributed by atoms with Gasteiger partial charge in [0.15, 0.2) is 0 Å². The maximum absolute atomic E-state index is 4.21. The van der Waals surface area contributed by atoms with E-state index in [-0.39, 0.29) is 3.42 Å². The zero-order valence-electron chi connectivity index (χ0n) is 7.69. The Balaban J connectivity index is 4.33. The first kappa shape index (κ1) is 11.1. The molecule has 0 fully saturated rings. The van der Waals surface area contributed by atoms with Gasteiger partial charge in [-0.2, -0.15) is 0 Å². The summed E-state index contributed by atoms with van der Waals surface area (Å²) < 4.78 is 0.200. The van der Waals surface area contributed by atoms with Gasteiger partial charge >= 0.3 is 0 Å². The average Bonchev–Trinajstić information content (AvgIpc) is 1.87. The fourth-order valence-electron chi connectivity index (χ4n) is 0.761. The molecule has 0 radical (unpaired) electrons. The maximum Gasteiger partial charge on any atom is 0.0425 e. The van der Waals surface area contributed by atoms with Crippen LogP contribution < -0.4 is 0 Å². The van der Waals surface area contributed by atoms with Crippen molar-refractivity contribution in [2.45, 2.75) is 31.1 Å². The molecule has 0 heterocycles. The van der Waals surface area contributed by atoms with Crippen LogP contribution in [-0.2, 0) is 0 Å². The Morgan fingerprint density at radius 1 is 1.55 bits per heavy atom. The SMILES string of the molecule is C/C=C(\C=N/CC)C(C)(C)I. The molecule has 0 atom stereocenters. The van der Waals surface area contributed by atoms with Crippen LogP contribution >= 0.6 is 22.6 Å². The lowest BCUT2D eigenvalue weighted by atomic mass is 10.0. The van der Waals surface area contributed by atoms with E-state index < -0.39 is 0 Å². The Kier molecular flexibility index (Phi) is 4.97. The van der Waals surface area contributed by atoms with Gasteiger partial charge in [0.25, 0.3) is 0 Å². The van der Waals surface area contributed by atoms with Gasteiger partial charge in [0.1, 0.15) is 0 Å². The van der Waals surface area contributed by atoms with Crippen molar-refractivity contribution in [1.82, 2.24) is 0 Å². The zero-order chi connectivity index (χ0) is 8.91. The highest BCUT2D eigenvalue weighted by molar-refractivity contribution is 14.1. The van der Waals surface area contributed by atoms with E-state index >= 15 is 0 Å². The number of rotatable bonds is 3. The van der Waals surface area contributed by atoms with Crippen molar-refractivity contribution < 1.29 is 0 Å². The predicted molar refractivity (Wildman–Crippen MR) is 60.9 cm³/mol. The van der Waals surface area contributed by atoms with Crippen molar-refractivity contribution in [3.8, 4) is 0 Å². The average molecular weight is 265 g/mol. The van der Waals surface area contributed by atoms with E-state index in [9.17, 15) is 0 Å². The van der Waals surface area contributed by atoms with Crippen molar-refractivity contribution in [3.63, 3.8) is 0 Å². The lowest BCUT2D eigenvalue weighted by Gasteiger charge is -2.16. The monoisotopic (exact) mass is 265 g/mol. The summed E-state index contributed by atoms with van der Waals surface area (Å²) in [7, 11) is 0. The molecule has 1 nitrogen and oxygen atoms in total. The highest BCUT2D eigenvalue weighted by Crippen LogP contribution is 2.25. The molecule has 0 aromatic heterocycles. The number of hydrogen-bond acceptors (Lipinski definition) is 1. The minimum Gasteiger partial charge on any atom is -0.293 e. The molecule has 0 N–H and O–H groups in total. The van der Waals surface area contributed by atoms with Crippen LogP contribution in [0.1, 0.15) is 27.7 Å². The highest BCUT2D eigenvalue weighted by atomic mass is 127. The second-order valence-electron chi connectivity index (χ2n) is 2.84. The molecule has 0 spiro atoms. The molecular weight excluding hydrogens is 249 g/mol. The van der Waals surface area contributed by atoms with E-state index in [0.29, 0.717) is 0 Å². The highest BCUT2D eigenvalue weighted by Gasteiger charge is 2.15. The molecule has 0 aromatic rings. The molecular formula is C9H16IN. The van der Waals surface area contributed by atoms with Gasteiger partial charge in [0.2, 0.25) is 0 Å². The Morgan fingerprint density at radius 2 is 2.09 bits per heavy atom. The second-order valence-corrected chi connectivity index (χ2v) is 5.54. The molecule has 0 aliphatic rings. The Morgan fingerprint density at radius 3 is 2.36 bits per heavy atom. The van der Waals surface area contributed by atoms with E-state index in [1.54, 1.807) is 0 Å². The van der Waals surface area contributed by atoms with Gasteiger partial charge in [-0.3, -0.25) is 4.99 Å². The Labute approximate surface area is 83.1 Å². The Hall–Kier alpha value is 0.140. The van der Waals surface area contributed by atoms with Crippen LogP contribution in [0.25, 0.3) is 0 Å². The maximum atomic E-state index is 4.21. The molecule has 0 saturated heterocycles. The molecule has 2 heteroatoms. The van der Waals surface area contributed by atoms with Gasteiger partial charge in [-0.15, -0.1) is 0 Å². The van der Waals surface area contributed by atoms with Crippen LogP contribution in [-0.4, -0.2) is 16.2 Å². The summed E-state index contributed by atoms with van der Waals surface area (Å²) in [6.07, 6.45) is 4.08. The number of hydrogen-bond donors (Lipinski definition) is 0. The van der Waals surface area contributed by atoms with Crippen molar-refractivity contribution in [2.24, 2.45) is 4.99 Å². The van der Waals surface area contributed by atoms with Crippen molar-refractivity contribution in [1.29, 1.82) is 0 Å². The van der Waals surface area contributed by atoms with Crippen LogP contribution in [0.15, 0.2) is 16.6 Å². The van der Waals surface area contributed by atoms with Crippen LogP contribution in [0.4, 0.5) is 0 Å². The number of alkyl halides is 1. The number of allylic oxidation sites excluding steroid dienone is 2. The largest absolute Gasteiger partial charge is 0.293 e. The number of aliphatic imine (C=N–C) groups is 1. The minimum atomic E-state index is 0.200. The normalized spacial score (nSPS) is 14.5. The van der Waals surface area contributed by atoms with Gasteiger partial charge in [0.05, 0.1) is 0 Å². The molecule has 64 valence electrons. The van der Waals surface area contributed by atoms with E-state index in [1.807, 2.05) is 13.1 Å². The minimum absolute atomic E-state index is 0.200. The fraction of sp³-hybridized carbons (Fsp3) is 0.667. The summed E-state index contributed by atoms with van der Waals surface area (Å²) in [5.41, 5.74) is 1.29. The fourth-order valence-corrected chi connectivity index (χ4v) is 1.21. The van der Waals surface area contributed by atoms with E-state index in [4.69, 9.17) is 0 Å². The third kappa shape index (κ3) is 4.56. The van der Waals surface area contributed by atoms with Crippen molar-refractivity contribution in [3.05, 3.63) is 11.6 Å². The zero-order valence-corrected chi connectivity index (χ0v) is 9.84. The number of halogens is 1. The van der Waals surface area contributed by atoms with Crippen LogP contribution in [0.2, 0.25) is 0 Å². The summed E-state index contributed by atoms with van der Waals surface area (Å²) in [6, 6.07) is 0. The molecule has 0 aliphatic carbocycles. The standard InChI is InChI=1S/C9H16IN/c1-5-8(7-11-6-2)9(3,4)10/h5,7H,6H2,1-4H3/b8-5+,11-7-. The molecule has 0 bridgehead atoms. The molecule has 0 rings (SSSR count). The first-order valence-corrected chi connectivity index (χ1v) is 4.95. The van der Waals surface area contributed by atoms with Crippen LogP contribution in [0.5, 0.6) is 0 Å². The molecule has 0 amide bonds. The van der Waals surface area contributed by atoms with Crippen LogP contribution in [0.3, 0.4) is 0 Å². The quantitative estimate of drug-likeness (QED) is 0.422. The summed E-state index contributed by atoms with van der Waals surface area (Å²) in [5, 5.41) is 0. The Bertz CT molecular complexity index is 163. The number of nitrogens with zero attached hydrogens (tertiary/aromatic N) is 1. The van der Waals surface area contributed by atoms with Gasteiger partial charge in [0, 0.05) is 16.2 Å². The van der Waals surface area contributed by atoms with Crippen LogP contribution in [0, 0.1) is 0 Å². The summed E-state index contributed by atoms with van der Waals surface area (Å²) >= 11 is 2.42. The smallest absolute Gasteiger partial charge is 0.0425 e. The van der Waals surface area contributed by atoms with E-state index in [2.05, 4.69) is 54.4 Å².